The smallest absolute Gasteiger partial charge is 0.108 e. The summed E-state index contributed by atoms with van der Waals surface area (Å²) in [5, 5.41) is 1.24. The van der Waals surface area contributed by atoms with Gasteiger partial charge in [-0.3, -0.25) is 4.99 Å². The van der Waals surface area contributed by atoms with Crippen LogP contribution in [0.25, 0.3) is 0 Å². The summed E-state index contributed by atoms with van der Waals surface area (Å²) in [7, 11) is 0. The molecule has 0 N–H and O–H groups in total. The van der Waals surface area contributed by atoms with Gasteiger partial charge in [0.25, 0.3) is 0 Å². The van der Waals surface area contributed by atoms with Crippen LogP contribution in [0.4, 0.5) is 0 Å². The molecule has 1 atom stereocenters. The van der Waals surface area contributed by atoms with Gasteiger partial charge in [0.05, 0.1) is 10.9 Å². The van der Waals surface area contributed by atoms with E-state index < -0.39 is 0 Å². The van der Waals surface area contributed by atoms with Gasteiger partial charge in [0.2, 0.25) is 0 Å². The molecule has 12 heavy (non-hydrogen) atoms. The van der Waals surface area contributed by atoms with E-state index in [0.29, 0.717) is 6.04 Å². The highest BCUT2D eigenvalue weighted by Crippen LogP contribution is 2.27. The van der Waals surface area contributed by atoms with Crippen LogP contribution in [0.15, 0.2) is 17.1 Å². The summed E-state index contributed by atoms with van der Waals surface area (Å²) in [6.45, 7) is 4.30. The van der Waals surface area contributed by atoms with Crippen molar-refractivity contribution < 1.29 is 0 Å². The predicted molar refractivity (Wildman–Crippen MR) is 57.5 cm³/mol. The molecule has 0 spiro atoms. The minimum atomic E-state index is 0.507. The molecule has 3 heteroatoms. The highest BCUT2D eigenvalue weighted by Gasteiger charge is 2.16. The Morgan fingerprint density at radius 2 is 2.33 bits per heavy atom. The van der Waals surface area contributed by atoms with Crippen LogP contribution in [0.2, 0.25) is 0 Å². The highest BCUT2D eigenvalue weighted by atomic mass is 32.2. The summed E-state index contributed by atoms with van der Waals surface area (Å²) in [4.78, 5) is 7.27. The number of aryl methyl sites for hydroxylation is 1. The Bertz CT molecular complexity index is 314. The minimum Gasteiger partial charge on any atom is -0.273 e. The molecule has 64 valence electrons. The second-order valence-electron chi connectivity index (χ2n) is 3.00. The molecule has 0 bridgehead atoms. The standard InChI is InChI=1S/C9H11NS2/c1-6-5-11-9(10-6)8-4-3-7(2)12-8/h3-4,6H,5H2,1-2H3/t6-/m1/s1. The first-order chi connectivity index (χ1) is 5.75. The third kappa shape index (κ3) is 1.57. The number of thiophene rings is 1. The molecule has 0 amide bonds. The summed E-state index contributed by atoms with van der Waals surface area (Å²) >= 11 is 3.71. The van der Waals surface area contributed by atoms with Crippen molar-refractivity contribution in [1.29, 1.82) is 0 Å². The van der Waals surface area contributed by atoms with E-state index in [1.165, 1.54) is 14.8 Å². The molecular formula is C9H11NS2. The molecule has 1 nitrogen and oxygen atoms in total. The topological polar surface area (TPSA) is 12.4 Å². The average Bonchev–Trinajstić information content (AvgIpc) is 2.58. The summed E-state index contributed by atoms with van der Waals surface area (Å²) in [5.41, 5.74) is 0. The van der Waals surface area contributed by atoms with Crippen LogP contribution in [-0.2, 0) is 0 Å². The van der Waals surface area contributed by atoms with Gasteiger partial charge in [-0.2, -0.15) is 0 Å². The van der Waals surface area contributed by atoms with Crippen molar-refractivity contribution in [3.63, 3.8) is 0 Å². The van der Waals surface area contributed by atoms with Crippen molar-refractivity contribution in [3.8, 4) is 0 Å². The lowest BCUT2D eigenvalue weighted by Crippen LogP contribution is -1.92. The van der Waals surface area contributed by atoms with E-state index in [1.807, 2.05) is 23.1 Å². The van der Waals surface area contributed by atoms with Crippen LogP contribution < -0.4 is 0 Å². The van der Waals surface area contributed by atoms with Crippen molar-refractivity contribution in [2.45, 2.75) is 19.9 Å². The Morgan fingerprint density at radius 1 is 1.50 bits per heavy atom. The van der Waals surface area contributed by atoms with Crippen LogP contribution in [0.3, 0.4) is 0 Å². The van der Waals surface area contributed by atoms with E-state index in [2.05, 4.69) is 31.0 Å². The van der Waals surface area contributed by atoms with Gasteiger partial charge in [0.1, 0.15) is 5.04 Å². The van der Waals surface area contributed by atoms with Gasteiger partial charge < -0.3 is 0 Å². The molecule has 0 aromatic carbocycles. The molecule has 0 unspecified atom stereocenters. The summed E-state index contributed by atoms with van der Waals surface area (Å²) < 4.78 is 0. The molecular weight excluding hydrogens is 186 g/mol. The molecule has 1 aromatic heterocycles. The van der Waals surface area contributed by atoms with Crippen LogP contribution in [0.5, 0.6) is 0 Å². The summed E-state index contributed by atoms with van der Waals surface area (Å²) in [5.74, 6) is 1.15. The SMILES string of the molecule is Cc1ccc(C2=N[C@H](C)CS2)s1. The fraction of sp³-hybridized carbons (Fsp3) is 0.444. The van der Waals surface area contributed by atoms with E-state index in [9.17, 15) is 0 Å². The number of aliphatic imine (C=N–C) groups is 1. The molecule has 0 saturated heterocycles. The van der Waals surface area contributed by atoms with E-state index in [1.54, 1.807) is 0 Å². The first-order valence-electron chi connectivity index (χ1n) is 4.03. The highest BCUT2D eigenvalue weighted by molar-refractivity contribution is 8.15. The Kier molecular flexibility index (Phi) is 2.24. The van der Waals surface area contributed by atoms with Crippen molar-refractivity contribution in [2.75, 3.05) is 5.75 Å². The van der Waals surface area contributed by atoms with Gasteiger partial charge in [-0.05, 0) is 26.0 Å². The second kappa shape index (κ2) is 3.23. The maximum atomic E-state index is 4.56. The van der Waals surface area contributed by atoms with Crippen LogP contribution in [0, 0.1) is 6.92 Å². The second-order valence-corrected chi connectivity index (χ2v) is 5.30. The summed E-state index contributed by atoms with van der Waals surface area (Å²) in [6.07, 6.45) is 0. The van der Waals surface area contributed by atoms with E-state index in [4.69, 9.17) is 0 Å². The van der Waals surface area contributed by atoms with Crippen molar-refractivity contribution in [3.05, 3.63) is 21.9 Å². The zero-order chi connectivity index (χ0) is 8.55. The molecule has 1 aliphatic heterocycles. The monoisotopic (exact) mass is 197 g/mol. The third-order valence-electron chi connectivity index (χ3n) is 1.75. The molecule has 0 fully saturated rings. The Balaban J connectivity index is 2.26. The first kappa shape index (κ1) is 8.32. The Morgan fingerprint density at radius 3 is 2.83 bits per heavy atom. The largest absolute Gasteiger partial charge is 0.273 e. The molecule has 1 aromatic rings. The van der Waals surface area contributed by atoms with Crippen LogP contribution in [0.1, 0.15) is 16.7 Å². The van der Waals surface area contributed by atoms with Gasteiger partial charge in [-0.1, -0.05) is 0 Å². The van der Waals surface area contributed by atoms with Crippen molar-refractivity contribution in [1.82, 2.24) is 0 Å². The third-order valence-corrected chi connectivity index (χ3v) is 4.13. The number of hydrogen-bond donors (Lipinski definition) is 0. The Hall–Kier alpha value is -0.280. The van der Waals surface area contributed by atoms with Gasteiger partial charge in [-0.25, -0.2) is 0 Å². The van der Waals surface area contributed by atoms with Gasteiger partial charge in [0, 0.05) is 10.6 Å². The number of nitrogens with zero attached hydrogens (tertiary/aromatic N) is 1. The fourth-order valence-corrected chi connectivity index (χ4v) is 3.16. The van der Waals surface area contributed by atoms with Gasteiger partial charge >= 0.3 is 0 Å². The van der Waals surface area contributed by atoms with Crippen molar-refractivity contribution in [2.24, 2.45) is 4.99 Å². The van der Waals surface area contributed by atoms with E-state index >= 15 is 0 Å². The zero-order valence-electron chi connectivity index (χ0n) is 7.20. The molecule has 1 aliphatic rings. The predicted octanol–water partition coefficient (Wildman–Crippen LogP) is 2.94. The van der Waals surface area contributed by atoms with Gasteiger partial charge in [0.15, 0.2) is 0 Å². The normalized spacial score (nSPS) is 22.8. The number of thioether (sulfide) groups is 1. The Labute approximate surface area is 80.9 Å². The summed E-state index contributed by atoms with van der Waals surface area (Å²) in [6, 6.07) is 4.84. The lowest BCUT2D eigenvalue weighted by molar-refractivity contribution is 0.866. The maximum Gasteiger partial charge on any atom is 0.108 e. The molecule has 0 saturated carbocycles. The van der Waals surface area contributed by atoms with Crippen LogP contribution in [-0.4, -0.2) is 16.8 Å². The lowest BCUT2D eigenvalue weighted by Gasteiger charge is -1.91. The van der Waals surface area contributed by atoms with Crippen LogP contribution >= 0.6 is 23.1 Å². The quantitative estimate of drug-likeness (QED) is 0.674. The number of rotatable bonds is 1. The zero-order valence-corrected chi connectivity index (χ0v) is 8.84. The molecule has 2 heterocycles. The fourth-order valence-electron chi connectivity index (χ4n) is 1.16. The van der Waals surface area contributed by atoms with E-state index in [-0.39, 0.29) is 0 Å². The maximum absolute atomic E-state index is 4.56. The van der Waals surface area contributed by atoms with Crippen molar-refractivity contribution >= 4 is 28.1 Å². The average molecular weight is 197 g/mol. The van der Waals surface area contributed by atoms with Gasteiger partial charge in [-0.15, -0.1) is 23.1 Å². The number of hydrogen-bond acceptors (Lipinski definition) is 3. The lowest BCUT2D eigenvalue weighted by atomic mass is 10.4. The molecule has 0 radical (unpaired) electrons. The molecule has 2 rings (SSSR count). The first-order valence-corrected chi connectivity index (χ1v) is 5.83. The minimum absolute atomic E-state index is 0.507. The van der Waals surface area contributed by atoms with E-state index in [0.717, 1.165) is 5.75 Å². The molecule has 0 aliphatic carbocycles.